The van der Waals surface area contributed by atoms with Gasteiger partial charge >= 0.3 is 0 Å². The molecule has 148 valence electrons. The number of amides is 1. The molecule has 4 atom stereocenters. The van der Waals surface area contributed by atoms with Crippen molar-refractivity contribution in [1.29, 1.82) is 0 Å². The molecule has 0 unspecified atom stereocenters. The number of benzene rings is 1. The molecule has 1 heterocycles. The van der Waals surface area contributed by atoms with Crippen LogP contribution >= 0.6 is 0 Å². The fourth-order valence-electron chi connectivity index (χ4n) is 5.38. The summed E-state index contributed by atoms with van der Waals surface area (Å²) >= 11 is 0. The fourth-order valence-corrected chi connectivity index (χ4v) is 6.93. The molecule has 1 N–H and O–H groups in total. The van der Waals surface area contributed by atoms with Crippen LogP contribution in [0.2, 0.25) is 0 Å². The maximum absolute atomic E-state index is 12.9. The average molecular weight is 391 g/mol. The highest BCUT2D eigenvalue weighted by molar-refractivity contribution is 7.89. The van der Waals surface area contributed by atoms with E-state index in [9.17, 15) is 13.2 Å². The van der Waals surface area contributed by atoms with Crippen molar-refractivity contribution < 1.29 is 13.2 Å². The van der Waals surface area contributed by atoms with Gasteiger partial charge in [-0.05, 0) is 81.4 Å². The molecule has 1 amide bonds. The lowest BCUT2D eigenvalue weighted by atomic mass is 9.84. The molecule has 1 aromatic carbocycles. The van der Waals surface area contributed by atoms with Gasteiger partial charge in [-0.25, -0.2) is 8.42 Å². The molecule has 0 aromatic heterocycles. The third-order valence-corrected chi connectivity index (χ3v) is 8.84. The van der Waals surface area contributed by atoms with Crippen LogP contribution in [0.15, 0.2) is 23.1 Å². The highest BCUT2D eigenvalue weighted by Gasteiger charge is 2.42. The molecular formula is C21H30N2O3S. The lowest BCUT2D eigenvalue weighted by Gasteiger charge is -2.28. The second-order valence-corrected chi connectivity index (χ2v) is 10.6. The summed E-state index contributed by atoms with van der Waals surface area (Å²) in [7, 11) is -3.51. The molecule has 3 aliphatic rings. The summed E-state index contributed by atoms with van der Waals surface area (Å²) in [5.41, 5.74) is 1.29. The lowest BCUT2D eigenvalue weighted by Crippen LogP contribution is -2.40. The number of carbonyl (C=O) groups is 1. The summed E-state index contributed by atoms with van der Waals surface area (Å²) in [6.45, 7) is 5.10. The van der Waals surface area contributed by atoms with E-state index >= 15 is 0 Å². The van der Waals surface area contributed by atoms with E-state index in [2.05, 4.69) is 12.2 Å². The first-order chi connectivity index (χ1) is 12.9. The number of rotatable bonds is 5. The molecule has 1 aliphatic heterocycles. The van der Waals surface area contributed by atoms with Crippen molar-refractivity contribution in [2.45, 2.75) is 63.3 Å². The van der Waals surface area contributed by atoms with Crippen LogP contribution in [-0.2, 0) is 10.0 Å². The first-order valence-electron chi connectivity index (χ1n) is 10.3. The SMILES string of the molecule is Cc1ccc(S(=O)(=O)N2CCCC2)cc1C(=O)N[C@H](C)[C@H]1C[C@H]2CC[C@H]1C2. The fraction of sp³-hybridized carbons (Fsp3) is 0.667. The van der Waals surface area contributed by atoms with Crippen LogP contribution in [0.4, 0.5) is 0 Å². The van der Waals surface area contributed by atoms with Crippen LogP contribution in [-0.4, -0.2) is 37.8 Å². The Kier molecular flexibility index (Phi) is 5.06. The molecule has 1 aromatic rings. The van der Waals surface area contributed by atoms with Crippen molar-refractivity contribution >= 4 is 15.9 Å². The Morgan fingerprint density at radius 2 is 1.93 bits per heavy atom. The summed E-state index contributed by atoms with van der Waals surface area (Å²) in [6.07, 6.45) is 6.97. The number of nitrogens with zero attached hydrogens (tertiary/aromatic N) is 1. The van der Waals surface area contributed by atoms with Crippen molar-refractivity contribution in [1.82, 2.24) is 9.62 Å². The Hall–Kier alpha value is -1.40. The van der Waals surface area contributed by atoms with Gasteiger partial charge in [0.2, 0.25) is 10.0 Å². The smallest absolute Gasteiger partial charge is 0.251 e. The maximum Gasteiger partial charge on any atom is 0.251 e. The van der Waals surface area contributed by atoms with Crippen molar-refractivity contribution in [3.05, 3.63) is 29.3 Å². The third kappa shape index (κ3) is 3.54. The number of aryl methyl sites for hydroxylation is 1. The first-order valence-corrected chi connectivity index (χ1v) is 11.7. The predicted octanol–water partition coefficient (Wildman–Crippen LogP) is 3.33. The Labute approximate surface area is 162 Å². The monoisotopic (exact) mass is 390 g/mol. The second kappa shape index (κ2) is 7.21. The summed E-state index contributed by atoms with van der Waals surface area (Å²) < 4.78 is 27.2. The molecule has 0 radical (unpaired) electrons. The maximum atomic E-state index is 12.9. The normalized spacial score (nSPS) is 29.2. The molecule has 6 heteroatoms. The number of nitrogens with one attached hydrogen (secondary N) is 1. The van der Waals surface area contributed by atoms with Gasteiger partial charge in [-0.3, -0.25) is 4.79 Å². The number of hydrogen-bond donors (Lipinski definition) is 1. The van der Waals surface area contributed by atoms with Crippen LogP contribution < -0.4 is 5.32 Å². The molecule has 4 rings (SSSR count). The summed E-state index contributed by atoms with van der Waals surface area (Å²) in [6, 6.07) is 5.07. The van der Waals surface area contributed by atoms with Crippen LogP contribution in [0.3, 0.4) is 0 Å². The molecule has 2 saturated carbocycles. The van der Waals surface area contributed by atoms with Gasteiger partial charge in [0.05, 0.1) is 4.90 Å². The van der Waals surface area contributed by atoms with E-state index < -0.39 is 10.0 Å². The molecular weight excluding hydrogens is 360 g/mol. The lowest BCUT2D eigenvalue weighted by molar-refractivity contribution is 0.0914. The number of sulfonamides is 1. The van der Waals surface area contributed by atoms with Gasteiger partial charge < -0.3 is 5.32 Å². The average Bonchev–Trinajstić information content (AvgIpc) is 3.39. The van der Waals surface area contributed by atoms with E-state index in [4.69, 9.17) is 0 Å². The minimum atomic E-state index is -3.51. The van der Waals surface area contributed by atoms with Crippen molar-refractivity contribution in [3.63, 3.8) is 0 Å². The van der Waals surface area contributed by atoms with Gasteiger partial charge in [0.1, 0.15) is 0 Å². The van der Waals surface area contributed by atoms with Crippen LogP contribution in [0, 0.1) is 24.7 Å². The van der Waals surface area contributed by atoms with Crippen LogP contribution in [0.25, 0.3) is 0 Å². The predicted molar refractivity (Wildman–Crippen MR) is 105 cm³/mol. The Morgan fingerprint density at radius 3 is 2.56 bits per heavy atom. The van der Waals surface area contributed by atoms with E-state index in [0.717, 1.165) is 30.2 Å². The van der Waals surface area contributed by atoms with Crippen molar-refractivity contribution in [3.8, 4) is 0 Å². The van der Waals surface area contributed by atoms with Gasteiger partial charge in [0.25, 0.3) is 5.91 Å². The molecule has 2 bridgehead atoms. The van der Waals surface area contributed by atoms with E-state index in [1.54, 1.807) is 18.2 Å². The quantitative estimate of drug-likeness (QED) is 0.839. The molecule has 27 heavy (non-hydrogen) atoms. The Balaban J connectivity index is 1.51. The van der Waals surface area contributed by atoms with E-state index in [1.165, 1.54) is 30.0 Å². The zero-order valence-electron chi connectivity index (χ0n) is 16.3. The number of fused-ring (bicyclic) bond motifs is 2. The molecule has 1 saturated heterocycles. The molecule has 5 nitrogen and oxygen atoms in total. The topological polar surface area (TPSA) is 66.5 Å². The Morgan fingerprint density at radius 1 is 1.19 bits per heavy atom. The molecule has 0 spiro atoms. The van der Waals surface area contributed by atoms with Crippen molar-refractivity contribution in [2.75, 3.05) is 13.1 Å². The van der Waals surface area contributed by atoms with Gasteiger partial charge in [0, 0.05) is 24.7 Å². The number of hydrogen-bond acceptors (Lipinski definition) is 3. The van der Waals surface area contributed by atoms with Gasteiger partial charge in [-0.15, -0.1) is 0 Å². The van der Waals surface area contributed by atoms with Gasteiger partial charge in [0.15, 0.2) is 0 Å². The standard InChI is InChI=1S/C21H30N2O3S/c1-14-5-8-18(27(25,26)23-9-3-4-10-23)13-19(14)21(24)22-15(2)20-12-16-6-7-17(20)11-16/h5,8,13,15-17,20H,3-4,6-7,9-12H2,1-2H3,(H,22,24)/t15-,16+,17+,20-/m1/s1. The summed E-state index contributed by atoms with van der Waals surface area (Å²) in [5.74, 6) is 1.99. The number of carbonyl (C=O) groups excluding carboxylic acids is 1. The minimum Gasteiger partial charge on any atom is -0.349 e. The molecule has 3 fully saturated rings. The van der Waals surface area contributed by atoms with E-state index in [0.29, 0.717) is 24.6 Å². The zero-order valence-corrected chi connectivity index (χ0v) is 17.1. The zero-order chi connectivity index (χ0) is 19.2. The molecule has 2 aliphatic carbocycles. The Bertz CT molecular complexity index is 830. The van der Waals surface area contributed by atoms with Crippen molar-refractivity contribution in [2.24, 2.45) is 17.8 Å². The highest BCUT2D eigenvalue weighted by Crippen LogP contribution is 2.49. The van der Waals surface area contributed by atoms with Crippen LogP contribution in [0.5, 0.6) is 0 Å². The van der Waals surface area contributed by atoms with Gasteiger partial charge in [-0.2, -0.15) is 4.31 Å². The van der Waals surface area contributed by atoms with E-state index in [1.807, 2.05) is 6.92 Å². The summed E-state index contributed by atoms with van der Waals surface area (Å²) in [4.78, 5) is 13.1. The highest BCUT2D eigenvalue weighted by atomic mass is 32.2. The first kappa shape index (κ1) is 18.9. The largest absolute Gasteiger partial charge is 0.349 e. The van der Waals surface area contributed by atoms with Crippen LogP contribution in [0.1, 0.15) is 61.4 Å². The minimum absolute atomic E-state index is 0.131. The van der Waals surface area contributed by atoms with Gasteiger partial charge in [-0.1, -0.05) is 12.5 Å². The second-order valence-electron chi connectivity index (χ2n) is 8.69. The van der Waals surface area contributed by atoms with E-state index in [-0.39, 0.29) is 16.8 Å². The summed E-state index contributed by atoms with van der Waals surface area (Å²) in [5, 5.41) is 3.16. The third-order valence-electron chi connectivity index (χ3n) is 6.95.